The van der Waals surface area contributed by atoms with Gasteiger partial charge in [0.2, 0.25) is 0 Å². The minimum Gasteiger partial charge on any atom is -0.363 e. The topological polar surface area (TPSA) is 85.8 Å². The van der Waals surface area contributed by atoms with Crippen molar-refractivity contribution in [2.75, 3.05) is 6.54 Å². The lowest BCUT2D eigenvalue weighted by Crippen LogP contribution is -2.20. The van der Waals surface area contributed by atoms with Gasteiger partial charge in [-0.25, -0.2) is 4.98 Å². The van der Waals surface area contributed by atoms with Crippen molar-refractivity contribution in [3.05, 3.63) is 48.3 Å². The van der Waals surface area contributed by atoms with Crippen LogP contribution < -0.4 is 11.1 Å². The van der Waals surface area contributed by atoms with E-state index in [1.807, 2.05) is 18.3 Å². The average molecular weight is 259 g/mol. The Balaban J connectivity index is 1.70. The summed E-state index contributed by atoms with van der Waals surface area (Å²) in [6.45, 7) is 2.37. The standard InChI is InChI=1S/C13H17N5O/c14-12(19)13-17-6-8-18(13)7-2-5-16-10-11-3-1-4-15-9-11/h1,3-4,6,8-9,16H,2,5,7,10H2,(H2,14,19). The second kappa shape index (κ2) is 6.65. The van der Waals surface area contributed by atoms with Crippen LogP contribution in [0.2, 0.25) is 0 Å². The minimum absolute atomic E-state index is 0.312. The molecule has 0 fully saturated rings. The van der Waals surface area contributed by atoms with Crippen molar-refractivity contribution in [3.8, 4) is 0 Å². The zero-order valence-corrected chi connectivity index (χ0v) is 10.6. The number of pyridine rings is 1. The van der Waals surface area contributed by atoms with Gasteiger partial charge >= 0.3 is 0 Å². The number of hydrogen-bond donors (Lipinski definition) is 2. The number of hydrogen-bond acceptors (Lipinski definition) is 4. The van der Waals surface area contributed by atoms with Crippen molar-refractivity contribution >= 4 is 5.91 Å². The number of imidazole rings is 1. The van der Waals surface area contributed by atoms with Crippen LogP contribution in [-0.2, 0) is 13.1 Å². The number of amides is 1. The number of rotatable bonds is 7. The van der Waals surface area contributed by atoms with Gasteiger partial charge in [0.15, 0.2) is 5.82 Å². The number of nitrogens with one attached hydrogen (secondary N) is 1. The van der Waals surface area contributed by atoms with Crippen LogP contribution in [0.4, 0.5) is 0 Å². The number of primary amides is 1. The molecule has 19 heavy (non-hydrogen) atoms. The monoisotopic (exact) mass is 259 g/mol. The summed E-state index contributed by atoms with van der Waals surface area (Å²) in [4.78, 5) is 19.0. The van der Waals surface area contributed by atoms with E-state index in [1.165, 1.54) is 0 Å². The molecule has 2 aromatic heterocycles. The molecule has 1 amide bonds. The zero-order valence-electron chi connectivity index (χ0n) is 10.6. The summed E-state index contributed by atoms with van der Waals surface area (Å²) in [5.74, 6) is -0.180. The highest BCUT2D eigenvalue weighted by molar-refractivity contribution is 5.89. The van der Waals surface area contributed by atoms with Crippen LogP contribution in [0.5, 0.6) is 0 Å². The molecule has 100 valence electrons. The summed E-state index contributed by atoms with van der Waals surface area (Å²) in [6.07, 6.45) is 7.85. The first-order valence-electron chi connectivity index (χ1n) is 6.18. The van der Waals surface area contributed by atoms with Gasteiger partial charge in [0, 0.05) is 37.9 Å². The Morgan fingerprint density at radius 2 is 2.32 bits per heavy atom. The molecule has 2 rings (SSSR count). The van der Waals surface area contributed by atoms with Crippen molar-refractivity contribution in [1.29, 1.82) is 0 Å². The Hall–Kier alpha value is -2.21. The van der Waals surface area contributed by atoms with Crippen LogP contribution in [-0.4, -0.2) is 27.0 Å². The van der Waals surface area contributed by atoms with Gasteiger partial charge in [0.1, 0.15) is 0 Å². The molecule has 0 bridgehead atoms. The fourth-order valence-corrected chi connectivity index (χ4v) is 1.82. The van der Waals surface area contributed by atoms with E-state index in [4.69, 9.17) is 5.73 Å². The van der Waals surface area contributed by atoms with Crippen molar-refractivity contribution in [3.63, 3.8) is 0 Å². The number of nitrogens with zero attached hydrogens (tertiary/aromatic N) is 3. The fourth-order valence-electron chi connectivity index (χ4n) is 1.82. The maximum Gasteiger partial charge on any atom is 0.284 e. The van der Waals surface area contributed by atoms with Crippen LogP contribution in [0.1, 0.15) is 22.6 Å². The molecule has 3 N–H and O–H groups in total. The molecule has 0 aromatic carbocycles. The average Bonchev–Trinajstić information content (AvgIpc) is 2.88. The number of aromatic nitrogens is 3. The number of carbonyl (C=O) groups excluding carboxylic acids is 1. The Morgan fingerprint density at radius 3 is 3.05 bits per heavy atom. The Labute approximate surface area is 111 Å². The molecule has 0 radical (unpaired) electrons. The van der Waals surface area contributed by atoms with Crippen LogP contribution in [0, 0.1) is 0 Å². The summed E-state index contributed by atoms with van der Waals surface area (Å²) < 4.78 is 1.77. The third-order valence-corrected chi connectivity index (χ3v) is 2.74. The molecule has 2 heterocycles. The number of carbonyl (C=O) groups is 1. The van der Waals surface area contributed by atoms with Gasteiger partial charge in [0.25, 0.3) is 5.91 Å². The van der Waals surface area contributed by atoms with Crippen LogP contribution in [0.3, 0.4) is 0 Å². The molecular weight excluding hydrogens is 242 g/mol. The highest BCUT2D eigenvalue weighted by atomic mass is 16.1. The first-order valence-corrected chi connectivity index (χ1v) is 6.18. The largest absolute Gasteiger partial charge is 0.363 e. The molecule has 0 aliphatic carbocycles. The van der Waals surface area contributed by atoms with Crippen molar-refractivity contribution in [2.24, 2.45) is 5.73 Å². The molecule has 0 saturated heterocycles. The summed E-state index contributed by atoms with van der Waals surface area (Å²) in [5.41, 5.74) is 6.38. The molecule has 6 heteroatoms. The quantitative estimate of drug-likeness (QED) is 0.711. The van der Waals surface area contributed by atoms with Crippen LogP contribution >= 0.6 is 0 Å². The van der Waals surface area contributed by atoms with Gasteiger partial charge in [-0.1, -0.05) is 6.07 Å². The highest BCUT2D eigenvalue weighted by Gasteiger charge is 2.07. The number of nitrogens with two attached hydrogens (primary N) is 1. The molecule has 6 nitrogen and oxygen atoms in total. The van der Waals surface area contributed by atoms with Gasteiger partial charge in [-0.2, -0.15) is 0 Å². The third-order valence-electron chi connectivity index (χ3n) is 2.74. The summed E-state index contributed by atoms with van der Waals surface area (Å²) in [7, 11) is 0. The predicted molar refractivity (Wildman–Crippen MR) is 71.3 cm³/mol. The second-order valence-electron chi connectivity index (χ2n) is 4.20. The van der Waals surface area contributed by atoms with Gasteiger partial charge in [0.05, 0.1) is 0 Å². The normalized spacial score (nSPS) is 10.5. The summed E-state index contributed by atoms with van der Waals surface area (Å²) in [6, 6.07) is 3.95. The van der Waals surface area contributed by atoms with E-state index in [0.29, 0.717) is 5.82 Å². The summed E-state index contributed by atoms with van der Waals surface area (Å²) >= 11 is 0. The zero-order chi connectivity index (χ0) is 13.5. The van der Waals surface area contributed by atoms with E-state index >= 15 is 0 Å². The van der Waals surface area contributed by atoms with Crippen LogP contribution in [0.25, 0.3) is 0 Å². The van der Waals surface area contributed by atoms with Gasteiger partial charge in [-0.15, -0.1) is 0 Å². The summed E-state index contributed by atoms with van der Waals surface area (Å²) in [5, 5.41) is 3.32. The lowest BCUT2D eigenvalue weighted by molar-refractivity contribution is 0.0986. The maximum atomic E-state index is 11.1. The molecule has 0 saturated carbocycles. The lowest BCUT2D eigenvalue weighted by atomic mass is 10.3. The van der Waals surface area contributed by atoms with E-state index in [0.717, 1.165) is 31.6 Å². The van der Waals surface area contributed by atoms with E-state index < -0.39 is 5.91 Å². The fraction of sp³-hybridized carbons (Fsp3) is 0.308. The SMILES string of the molecule is NC(=O)c1nccn1CCCNCc1cccnc1. The molecule has 0 aliphatic heterocycles. The molecule has 2 aromatic rings. The Bertz CT molecular complexity index is 523. The lowest BCUT2D eigenvalue weighted by Gasteiger charge is -2.07. The van der Waals surface area contributed by atoms with E-state index in [-0.39, 0.29) is 0 Å². The van der Waals surface area contributed by atoms with E-state index in [1.54, 1.807) is 23.2 Å². The van der Waals surface area contributed by atoms with Crippen molar-refractivity contribution in [1.82, 2.24) is 19.9 Å². The first kappa shape index (κ1) is 13.2. The first-order chi connectivity index (χ1) is 9.27. The van der Waals surface area contributed by atoms with Gasteiger partial charge in [-0.3, -0.25) is 9.78 Å². The highest BCUT2D eigenvalue weighted by Crippen LogP contribution is 1.99. The van der Waals surface area contributed by atoms with Gasteiger partial charge < -0.3 is 15.6 Å². The maximum absolute atomic E-state index is 11.1. The van der Waals surface area contributed by atoms with E-state index in [9.17, 15) is 4.79 Å². The number of aryl methyl sites for hydroxylation is 1. The second-order valence-corrected chi connectivity index (χ2v) is 4.20. The third kappa shape index (κ3) is 3.89. The van der Waals surface area contributed by atoms with Gasteiger partial charge in [-0.05, 0) is 24.6 Å². The molecular formula is C13H17N5O. The van der Waals surface area contributed by atoms with Crippen molar-refractivity contribution < 1.29 is 4.79 Å². The smallest absolute Gasteiger partial charge is 0.284 e. The van der Waals surface area contributed by atoms with Crippen LogP contribution in [0.15, 0.2) is 36.9 Å². The Morgan fingerprint density at radius 1 is 1.42 bits per heavy atom. The van der Waals surface area contributed by atoms with E-state index in [2.05, 4.69) is 15.3 Å². The molecule has 0 atom stereocenters. The molecule has 0 unspecified atom stereocenters. The Kier molecular flexibility index (Phi) is 4.63. The minimum atomic E-state index is -0.492. The molecule has 0 spiro atoms. The predicted octanol–water partition coefficient (Wildman–Crippen LogP) is 0.557. The van der Waals surface area contributed by atoms with Crippen molar-refractivity contribution in [2.45, 2.75) is 19.5 Å². The molecule has 0 aliphatic rings.